The van der Waals surface area contributed by atoms with Gasteiger partial charge in [0.1, 0.15) is 11.5 Å². The van der Waals surface area contributed by atoms with E-state index in [-0.39, 0.29) is 5.97 Å². The molecule has 0 radical (unpaired) electrons. The molecule has 0 amide bonds. The first-order valence-electron chi connectivity index (χ1n) is 6.89. The maximum atomic E-state index is 10.8. The fourth-order valence-corrected chi connectivity index (χ4v) is 2.26. The molecule has 0 aromatic heterocycles. The van der Waals surface area contributed by atoms with Gasteiger partial charge in [-0.2, -0.15) is 0 Å². The van der Waals surface area contributed by atoms with E-state index in [1.165, 1.54) is 26.2 Å². The van der Waals surface area contributed by atoms with Crippen molar-refractivity contribution in [3.05, 3.63) is 24.3 Å². The molecule has 0 bridgehead atoms. The van der Waals surface area contributed by atoms with Gasteiger partial charge in [-0.1, -0.05) is 6.42 Å². The number of benzene rings is 1. The van der Waals surface area contributed by atoms with E-state index in [2.05, 4.69) is 5.32 Å². The molecule has 104 valence electrons. The first-order valence-corrected chi connectivity index (χ1v) is 6.89. The number of rotatable bonds is 5. The van der Waals surface area contributed by atoms with Crippen LogP contribution in [0.1, 0.15) is 32.6 Å². The molecule has 0 spiro atoms. The van der Waals surface area contributed by atoms with Crippen LogP contribution in [0.3, 0.4) is 0 Å². The van der Waals surface area contributed by atoms with Crippen LogP contribution in [-0.2, 0) is 4.79 Å². The smallest absolute Gasteiger partial charge is 0.308 e. The molecular formula is C15H21NO3. The quantitative estimate of drug-likeness (QED) is 0.655. The zero-order valence-corrected chi connectivity index (χ0v) is 11.4. The summed E-state index contributed by atoms with van der Waals surface area (Å²) in [5.41, 5.74) is 0. The highest BCUT2D eigenvalue weighted by Gasteiger charge is 2.11. The Morgan fingerprint density at radius 2 is 2.00 bits per heavy atom. The lowest BCUT2D eigenvalue weighted by Gasteiger charge is -2.23. The maximum absolute atomic E-state index is 10.8. The molecular weight excluding hydrogens is 242 g/mol. The van der Waals surface area contributed by atoms with Gasteiger partial charge in [-0.3, -0.25) is 4.79 Å². The van der Waals surface area contributed by atoms with E-state index in [1.54, 1.807) is 12.1 Å². The highest BCUT2D eigenvalue weighted by atomic mass is 16.5. The second-order valence-electron chi connectivity index (χ2n) is 4.85. The lowest BCUT2D eigenvalue weighted by molar-refractivity contribution is -0.131. The van der Waals surface area contributed by atoms with Gasteiger partial charge in [0.2, 0.25) is 0 Å². The number of piperidine rings is 1. The molecule has 1 fully saturated rings. The van der Waals surface area contributed by atoms with Gasteiger partial charge in [0.05, 0.1) is 6.61 Å². The van der Waals surface area contributed by atoms with E-state index in [1.807, 2.05) is 12.1 Å². The molecule has 1 aliphatic heterocycles. The van der Waals surface area contributed by atoms with Crippen LogP contribution in [0.25, 0.3) is 0 Å². The molecule has 1 N–H and O–H groups in total. The monoisotopic (exact) mass is 263 g/mol. The highest BCUT2D eigenvalue weighted by molar-refractivity contribution is 5.69. The summed E-state index contributed by atoms with van der Waals surface area (Å²) in [6.45, 7) is 3.23. The van der Waals surface area contributed by atoms with Crippen LogP contribution in [0.15, 0.2) is 24.3 Å². The van der Waals surface area contributed by atoms with Crippen molar-refractivity contribution in [2.75, 3.05) is 13.2 Å². The standard InChI is InChI=1S/C15H21NO3/c1-12(17)19-15-7-5-14(6-8-15)18-11-9-13-4-2-3-10-16-13/h5-8,13,16H,2-4,9-11H2,1H3. The van der Waals surface area contributed by atoms with Gasteiger partial charge in [-0.15, -0.1) is 0 Å². The Hall–Kier alpha value is -1.55. The van der Waals surface area contributed by atoms with E-state index < -0.39 is 0 Å². The first kappa shape index (κ1) is 13.9. The SMILES string of the molecule is CC(=O)Oc1ccc(OCCC2CCCCN2)cc1. The Morgan fingerprint density at radius 3 is 2.63 bits per heavy atom. The third-order valence-electron chi connectivity index (χ3n) is 3.23. The summed E-state index contributed by atoms with van der Waals surface area (Å²) in [5.74, 6) is 1.05. The second-order valence-corrected chi connectivity index (χ2v) is 4.85. The summed E-state index contributed by atoms with van der Waals surface area (Å²) in [7, 11) is 0. The normalized spacial score (nSPS) is 18.9. The molecule has 0 aliphatic carbocycles. The first-order chi connectivity index (χ1) is 9.24. The minimum absolute atomic E-state index is 0.308. The molecule has 1 aromatic carbocycles. The second kappa shape index (κ2) is 7.14. The number of hydrogen-bond acceptors (Lipinski definition) is 4. The lowest BCUT2D eigenvalue weighted by atomic mass is 10.0. The van der Waals surface area contributed by atoms with Crippen LogP contribution in [-0.4, -0.2) is 25.2 Å². The minimum atomic E-state index is -0.308. The molecule has 1 atom stereocenters. The summed E-state index contributed by atoms with van der Waals surface area (Å²) in [5, 5.41) is 3.50. The van der Waals surface area contributed by atoms with Crippen molar-refractivity contribution >= 4 is 5.97 Å². The predicted molar refractivity (Wildman–Crippen MR) is 73.5 cm³/mol. The van der Waals surface area contributed by atoms with Gasteiger partial charge < -0.3 is 14.8 Å². The molecule has 1 saturated heterocycles. The number of carbonyl (C=O) groups is 1. The van der Waals surface area contributed by atoms with Crippen molar-refractivity contribution in [1.82, 2.24) is 5.32 Å². The Morgan fingerprint density at radius 1 is 1.26 bits per heavy atom. The molecule has 19 heavy (non-hydrogen) atoms. The Labute approximate surface area is 114 Å². The lowest BCUT2D eigenvalue weighted by Crippen LogP contribution is -2.35. The van der Waals surface area contributed by atoms with Crippen molar-refractivity contribution in [2.24, 2.45) is 0 Å². The highest BCUT2D eigenvalue weighted by Crippen LogP contribution is 2.18. The van der Waals surface area contributed by atoms with Crippen LogP contribution >= 0.6 is 0 Å². The Balaban J connectivity index is 1.71. The van der Waals surface area contributed by atoms with Gasteiger partial charge in [-0.05, 0) is 50.1 Å². The fourth-order valence-electron chi connectivity index (χ4n) is 2.26. The van der Waals surface area contributed by atoms with E-state index in [0.717, 1.165) is 18.7 Å². The van der Waals surface area contributed by atoms with Gasteiger partial charge in [-0.25, -0.2) is 0 Å². The molecule has 1 aromatic rings. The summed E-state index contributed by atoms with van der Waals surface area (Å²) in [6.07, 6.45) is 4.88. The zero-order chi connectivity index (χ0) is 13.5. The van der Waals surface area contributed by atoms with Crippen LogP contribution in [0.4, 0.5) is 0 Å². The Bertz CT molecular complexity index is 396. The van der Waals surface area contributed by atoms with Crippen LogP contribution in [0.5, 0.6) is 11.5 Å². The molecule has 1 unspecified atom stereocenters. The molecule has 0 saturated carbocycles. The summed E-state index contributed by atoms with van der Waals surface area (Å²) >= 11 is 0. The minimum Gasteiger partial charge on any atom is -0.494 e. The summed E-state index contributed by atoms with van der Waals surface area (Å²) in [4.78, 5) is 10.8. The van der Waals surface area contributed by atoms with E-state index in [0.29, 0.717) is 18.4 Å². The average Bonchev–Trinajstić information content (AvgIpc) is 2.41. The van der Waals surface area contributed by atoms with Crippen LogP contribution in [0, 0.1) is 0 Å². The number of hydrogen-bond donors (Lipinski definition) is 1. The molecule has 1 aliphatic rings. The Kier molecular flexibility index (Phi) is 5.21. The summed E-state index contributed by atoms with van der Waals surface area (Å²) < 4.78 is 10.7. The molecule has 1 heterocycles. The van der Waals surface area contributed by atoms with Crippen molar-refractivity contribution in [2.45, 2.75) is 38.6 Å². The van der Waals surface area contributed by atoms with Gasteiger partial charge in [0, 0.05) is 13.0 Å². The van der Waals surface area contributed by atoms with Crippen molar-refractivity contribution < 1.29 is 14.3 Å². The maximum Gasteiger partial charge on any atom is 0.308 e. The average molecular weight is 263 g/mol. The zero-order valence-electron chi connectivity index (χ0n) is 11.4. The third kappa shape index (κ3) is 4.91. The number of ether oxygens (including phenoxy) is 2. The summed E-state index contributed by atoms with van der Waals surface area (Å²) in [6, 6.07) is 7.73. The van der Waals surface area contributed by atoms with E-state index in [9.17, 15) is 4.79 Å². The molecule has 4 heteroatoms. The van der Waals surface area contributed by atoms with Gasteiger partial charge >= 0.3 is 5.97 Å². The van der Waals surface area contributed by atoms with Gasteiger partial charge in [0.25, 0.3) is 0 Å². The van der Waals surface area contributed by atoms with Crippen LogP contribution < -0.4 is 14.8 Å². The topological polar surface area (TPSA) is 47.6 Å². The van der Waals surface area contributed by atoms with Crippen molar-refractivity contribution in [3.8, 4) is 11.5 Å². The third-order valence-corrected chi connectivity index (χ3v) is 3.23. The van der Waals surface area contributed by atoms with E-state index >= 15 is 0 Å². The van der Waals surface area contributed by atoms with E-state index in [4.69, 9.17) is 9.47 Å². The van der Waals surface area contributed by atoms with Crippen molar-refractivity contribution in [3.63, 3.8) is 0 Å². The predicted octanol–water partition coefficient (Wildman–Crippen LogP) is 2.52. The molecule has 2 rings (SSSR count). The largest absolute Gasteiger partial charge is 0.494 e. The number of carbonyl (C=O) groups excluding carboxylic acids is 1. The van der Waals surface area contributed by atoms with Crippen LogP contribution in [0.2, 0.25) is 0 Å². The van der Waals surface area contributed by atoms with Crippen molar-refractivity contribution in [1.29, 1.82) is 0 Å². The molecule has 4 nitrogen and oxygen atoms in total. The van der Waals surface area contributed by atoms with Gasteiger partial charge in [0.15, 0.2) is 0 Å². The number of esters is 1. The number of nitrogens with one attached hydrogen (secondary N) is 1. The fraction of sp³-hybridized carbons (Fsp3) is 0.533.